The largest absolute Gasteiger partial charge is 0.497 e. The molecule has 0 aliphatic heterocycles. The monoisotopic (exact) mass is 367 g/mol. The third-order valence-electron chi connectivity index (χ3n) is 4.22. The highest BCUT2D eigenvalue weighted by Crippen LogP contribution is 2.27. The first kappa shape index (κ1) is 18.1. The summed E-state index contributed by atoms with van der Waals surface area (Å²) < 4.78 is 5.15. The molecule has 0 spiro atoms. The Hall–Kier alpha value is -2.73. The standard InChI is InChI=1S/C20H21N3O2S/c1-13-4-5-15(12-14(13)2)6-11-18(24)21-20-23-22-19(26-20)16-7-9-17(25-3)10-8-16/h4-5,7-10,12H,6,11H2,1-3H3,(H,21,23,24). The van der Waals surface area contributed by atoms with E-state index in [-0.39, 0.29) is 5.91 Å². The van der Waals surface area contributed by atoms with Crippen molar-refractivity contribution in [3.63, 3.8) is 0 Å². The second-order valence-electron chi connectivity index (χ2n) is 6.11. The van der Waals surface area contributed by atoms with E-state index in [0.29, 0.717) is 18.0 Å². The molecule has 0 atom stereocenters. The highest BCUT2D eigenvalue weighted by Gasteiger charge is 2.10. The summed E-state index contributed by atoms with van der Waals surface area (Å²) in [7, 11) is 1.63. The highest BCUT2D eigenvalue weighted by molar-refractivity contribution is 7.18. The summed E-state index contributed by atoms with van der Waals surface area (Å²) >= 11 is 1.36. The maximum absolute atomic E-state index is 12.2. The smallest absolute Gasteiger partial charge is 0.226 e. The van der Waals surface area contributed by atoms with E-state index in [1.807, 2.05) is 24.3 Å². The first-order valence-corrected chi connectivity index (χ1v) is 9.20. The van der Waals surface area contributed by atoms with Crippen molar-refractivity contribution >= 4 is 22.4 Å². The maximum atomic E-state index is 12.2. The van der Waals surface area contributed by atoms with Gasteiger partial charge < -0.3 is 10.1 Å². The number of ether oxygens (including phenoxy) is 1. The molecule has 0 saturated carbocycles. The summed E-state index contributed by atoms with van der Waals surface area (Å²) in [6.07, 6.45) is 1.12. The van der Waals surface area contributed by atoms with Gasteiger partial charge in [0, 0.05) is 12.0 Å². The third-order valence-corrected chi connectivity index (χ3v) is 5.11. The van der Waals surface area contributed by atoms with Crippen LogP contribution in [-0.4, -0.2) is 23.2 Å². The number of benzene rings is 2. The van der Waals surface area contributed by atoms with Gasteiger partial charge in [0.05, 0.1) is 7.11 Å². The van der Waals surface area contributed by atoms with Crippen molar-refractivity contribution in [1.29, 1.82) is 0 Å². The molecule has 26 heavy (non-hydrogen) atoms. The van der Waals surface area contributed by atoms with Gasteiger partial charge >= 0.3 is 0 Å². The van der Waals surface area contributed by atoms with Gasteiger partial charge in [0.1, 0.15) is 10.8 Å². The highest BCUT2D eigenvalue weighted by atomic mass is 32.1. The van der Waals surface area contributed by atoms with Crippen LogP contribution in [0.25, 0.3) is 10.6 Å². The Bertz CT molecular complexity index is 904. The minimum atomic E-state index is -0.0549. The molecule has 0 bridgehead atoms. The van der Waals surface area contributed by atoms with Gasteiger partial charge in [-0.2, -0.15) is 0 Å². The van der Waals surface area contributed by atoms with Gasteiger partial charge in [-0.25, -0.2) is 0 Å². The van der Waals surface area contributed by atoms with Crippen LogP contribution in [0.3, 0.4) is 0 Å². The Morgan fingerprint density at radius 3 is 2.54 bits per heavy atom. The first-order chi connectivity index (χ1) is 12.5. The average molecular weight is 367 g/mol. The van der Waals surface area contributed by atoms with Crippen LogP contribution in [0, 0.1) is 13.8 Å². The van der Waals surface area contributed by atoms with Crippen LogP contribution < -0.4 is 10.1 Å². The molecule has 0 fully saturated rings. The summed E-state index contributed by atoms with van der Waals surface area (Å²) in [6, 6.07) is 13.9. The van der Waals surface area contributed by atoms with Crippen LogP contribution in [0.2, 0.25) is 0 Å². The van der Waals surface area contributed by atoms with Gasteiger partial charge in [0.2, 0.25) is 11.0 Å². The number of anilines is 1. The van der Waals surface area contributed by atoms with Gasteiger partial charge in [-0.3, -0.25) is 4.79 Å². The lowest BCUT2D eigenvalue weighted by Gasteiger charge is -2.05. The molecule has 134 valence electrons. The zero-order valence-electron chi connectivity index (χ0n) is 15.1. The van der Waals surface area contributed by atoms with Crippen molar-refractivity contribution in [2.45, 2.75) is 26.7 Å². The number of aromatic nitrogens is 2. The van der Waals surface area contributed by atoms with Crippen molar-refractivity contribution in [2.24, 2.45) is 0 Å². The van der Waals surface area contributed by atoms with Crippen molar-refractivity contribution in [2.75, 3.05) is 12.4 Å². The molecular formula is C20H21N3O2S. The van der Waals surface area contributed by atoms with Gasteiger partial charge in [-0.1, -0.05) is 29.5 Å². The third kappa shape index (κ3) is 4.46. The number of hydrogen-bond acceptors (Lipinski definition) is 5. The molecule has 1 aromatic heterocycles. The second kappa shape index (κ2) is 8.10. The van der Waals surface area contributed by atoms with Crippen molar-refractivity contribution < 1.29 is 9.53 Å². The van der Waals surface area contributed by atoms with Crippen LogP contribution in [0.15, 0.2) is 42.5 Å². The van der Waals surface area contributed by atoms with E-state index in [1.54, 1.807) is 7.11 Å². The summed E-state index contributed by atoms with van der Waals surface area (Å²) in [5.41, 5.74) is 4.62. The van der Waals surface area contributed by atoms with Crippen molar-refractivity contribution in [3.8, 4) is 16.3 Å². The number of carbonyl (C=O) groups is 1. The van der Waals surface area contributed by atoms with Gasteiger partial charge in [0.25, 0.3) is 0 Å². The molecule has 0 aliphatic carbocycles. The fourth-order valence-corrected chi connectivity index (χ4v) is 3.29. The number of carbonyl (C=O) groups excluding carboxylic acids is 1. The van der Waals surface area contributed by atoms with E-state index in [0.717, 1.165) is 16.3 Å². The zero-order chi connectivity index (χ0) is 18.5. The Labute approximate surface area is 157 Å². The second-order valence-corrected chi connectivity index (χ2v) is 7.09. The number of methoxy groups -OCH3 is 1. The summed E-state index contributed by atoms with van der Waals surface area (Å²) in [6.45, 7) is 4.17. The number of hydrogen-bond donors (Lipinski definition) is 1. The summed E-state index contributed by atoms with van der Waals surface area (Å²) in [5.74, 6) is 0.735. The molecule has 1 amide bonds. The van der Waals surface area contributed by atoms with Crippen LogP contribution in [0.4, 0.5) is 5.13 Å². The average Bonchev–Trinajstić information content (AvgIpc) is 3.11. The molecule has 0 saturated heterocycles. The molecule has 0 aliphatic rings. The SMILES string of the molecule is COc1ccc(-c2nnc(NC(=O)CCc3ccc(C)c(C)c3)s2)cc1. The van der Waals surface area contributed by atoms with Gasteiger partial charge in [-0.15, -0.1) is 10.2 Å². The summed E-state index contributed by atoms with van der Waals surface area (Å²) in [4.78, 5) is 12.2. The van der Waals surface area contributed by atoms with Gasteiger partial charge in [-0.05, 0) is 61.2 Å². The molecule has 2 aromatic carbocycles. The van der Waals surface area contributed by atoms with Crippen molar-refractivity contribution in [3.05, 3.63) is 59.2 Å². The fourth-order valence-electron chi connectivity index (χ4n) is 2.52. The van der Waals surface area contributed by atoms with E-state index in [2.05, 4.69) is 47.6 Å². The molecule has 1 N–H and O–H groups in total. The van der Waals surface area contributed by atoms with Crippen LogP contribution in [0.1, 0.15) is 23.1 Å². The van der Waals surface area contributed by atoms with Crippen molar-refractivity contribution in [1.82, 2.24) is 10.2 Å². The van der Waals surface area contributed by atoms with E-state index in [1.165, 1.54) is 28.0 Å². The topological polar surface area (TPSA) is 64.1 Å². The number of rotatable bonds is 6. The maximum Gasteiger partial charge on any atom is 0.226 e. The molecule has 6 heteroatoms. The molecule has 3 rings (SSSR count). The number of nitrogens with one attached hydrogen (secondary N) is 1. The normalized spacial score (nSPS) is 10.6. The number of amides is 1. The number of nitrogens with zero attached hydrogens (tertiary/aromatic N) is 2. The van der Waals surface area contributed by atoms with Crippen LogP contribution in [-0.2, 0) is 11.2 Å². The summed E-state index contributed by atoms with van der Waals surface area (Å²) in [5, 5.41) is 12.3. The Morgan fingerprint density at radius 1 is 1.08 bits per heavy atom. The zero-order valence-corrected chi connectivity index (χ0v) is 15.9. The minimum Gasteiger partial charge on any atom is -0.497 e. The van der Waals surface area contributed by atoms with E-state index in [4.69, 9.17) is 4.74 Å². The molecule has 1 heterocycles. The first-order valence-electron chi connectivity index (χ1n) is 8.39. The quantitative estimate of drug-likeness (QED) is 0.701. The Morgan fingerprint density at radius 2 is 1.85 bits per heavy atom. The lowest BCUT2D eigenvalue weighted by molar-refractivity contribution is -0.116. The van der Waals surface area contributed by atoms with E-state index < -0.39 is 0 Å². The van der Waals surface area contributed by atoms with Gasteiger partial charge in [0.15, 0.2) is 0 Å². The van der Waals surface area contributed by atoms with E-state index in [9.17, 15) is 4.79 Å². The van der Waals surface area contributed by atoms with Crippen LogP contribution in [0.5, 0.6) is 5.75 Å². The van der Waals surface area contributed by atoms with Crippen LogP contribution >= 0.6 is 11.3 Å². The molecular weight excluding hydrogens is 346 g/mol. The molecule has 0 unspecified atom stereocenters. The molecule has 5 nitrogen and oxygen atoms in total. The fraction of sp³-hybridized carbons (Fsp3) is 0.250. The minimum absolute atomic E-state index is 0.0549. The predicted octanol–water partition coefficient (Wildman–Crippen LogP) is 4.40. The molecule has 0 radical (unpaired) electrons. The predicted molar refractivity (Wildman–Crippen MR) is 105 cm³/mol. The number of aryl methyl sites for hydroxylation is 3. The molecule has 3 aromatic rings. The van der Waals surface area contributed by atoms with E-state index >= 15 is 0 Å². The Balaban J connectivity index is 1.57. The lowest BCUT2D eigenvalue weighted by atomic mass is 10.0. The Kier molecular flexibility index (Phi) is 5.63. The lowest BCUT2D eigenvalue weighted by Crippen LogP contribution is -2.12.